The van der Waals surface area contributed by atoms with Crippen LogP contribution in [0.3, 0.4) is 0 Å². The summed E-state index contributed by atoms with van der Waals surface area (Å²) in [6.07, 6.45) is 1.68. The minimum atomic E-state index is -0.541. The maximum Gasteiger partial charge on any atom is 0.265 e. The molecule has 1 N–H and O–H groups in total. The normalized spacial score (nSPS) is 19.8. The molecule has 0 aliphatic carbocycles. The number of ether oxygens (including phenoxy) is 1. The van der Waals surface area contributed by atoms with Crippen LogP contribution in [0.1, 0.15) is 5.56 Å². The lowest BCUT2D eigenvalue weighted by molar-refractivity contribution is -0.122. The van der Waals surface area contributed by atoms with Gasteiger partial charge in [-0.15, -0.1) is 0 Å². The van der Waals surface area contributed by atoms with Crippen LogP contribution in [0.25, 0.3) is 0 Å². The second-order valence-electron chi connectivity index (χ2n) is 6.75. The van der Waals surface area contributed by atoms with E-state index in [9.17, 15) is 4.79 Å². The van der Waals surface area contributed by atoms with Gasteiger partial charge in [-0.2, -0.15) is 0 Å². The monoisotopic (exact) mass is 372 g/mol. The van der Waals surface area contributed by atoms with Crippen LogP contribution < -0.4 is 15.0 Å². The average molecular weight is 373 g/mol. The standard InChI is InChI=1S/C19H21ClN4O2/c1-23-6-8-24(9-7-23)18-5-3-15(12-21-18)22-19(25)17-11-13-10-14(20)2-4-16(13)26-17/h2-5,10,12,17H,6-9,11H2,1H3,(H,22,25). The number of aromatic nitrogens is 1. The highest BCUT2D eigenvalue weighted by molar-refractivity contribution is 6.30. The highest BCUT2D eigenvalue weighted by atomic mass is 35.5. The van der Waals surface area contributed by atoms with Gasteiger partial charge in [-0.05, 0) is 42.9 Å². The lowest BCUT2D eigenvalue weighted by Crippen LogP contribution is -2.44. The lowest BCUT2D eigenvalue weighted by Gasteiger charge is -2.33. The molecule has 0 bridgehead atoms. The molecule has 2 aliphatic rings. The topological polar surface area (TPSA) is 57.7 Å². The van der Waals surface area contributed by atoms with E-state index in [-0.39, 0.29) is 5.91 Å². The van der Waals surface area contributed by atoms with Gasteiger partial charge in [0.05, 0.1) is 11.9 Å². The van der Waals surface area contributed by atoms with Gasteiger partial charge < -0.3 is 19.9 Å². The largest absolute Gasteiger partial charge is 0.480 e. The van der Waals surface area contributed by atoms with Crippen LogP contribution in [-0.2, 0) is 11.2 Å². The number of carbonyl (C=O) groups excluding carboxylic acids is 1. The molecule has 26 heavy (non-hydrogen) atoms. The van der Waals surface area contributed by atoms with Crippen molar-refractivity contribution in [3.8, 4) is 5.75 Å². The number of nitrogens with one attached hydrogen (secondary N) is 1. The molecule has 0 saturated carbocycles. The Morgan fingerprint density at radius 2 is 2.04 bits per heavy atom. The van der Waals surface area contributed by atoms with Gasteiger partial charge in [0.15, 0.2) is 6.10 Å². The van der Waals surface area contributed by atoms with Crippen molar-refractivity contribution in [1.29, 1.82) is 0 Å². The van der Waals surface area contributed by atoms with Gasteiger partial charge in [-0.3, -0.25) is 4.79 Å². The summed E-state index contributed by atoms with van der Waals surface area (Å²) in [6, 6.07) is 9.25. The van der Waals surface area contributed by atoms with Crippen molar-refractivity contribution in [3.05, 3.63) is 47.1 Å². The summed E-state index contributed by atoms with van der Waals surface area (Å²) < 4.78 is 5.72. The van der Waals surface area contributed by atoms with E-state index in [2.05, 4.69) is 27.1 Å². The number of fused-ring (bicyclic) bond motifs is 1. The molecule has 1 atom stereocenters. The summed E-state index contributed by atoms with van der Waals surface area (Å²) in [6.45, 7) is 3.99. The lowest BCUT2D eigenvalue weighted by atomic mass is 10.1. The maximum absolute atomic E-state index is 12.5. The first-order chi connectivity index (χ1) is 12.6. The van der Waals surface area contributed by atoms with E-state index in [0.29, 0.717) is 17.1 Å². The Hall–Kier alpha value is -2.31. The second-order valence-corrected chi connectivity index (χ2v) is 7.18. The number of halogens is 1. The quantitative estimate of drug-likeness (QED) is 0.896. The van der Waals surface area contributed by atoms with Crippen molar-refractivity contribution in [1.82, 2.24) is 9.88 Å². The Bertz CT molecular complexity index is 804. The summed E-state index contributed by atoms with van der Waals surface area (Å²) >= 11 is 6.00. The molecule has 2 aromatic rings. The van der Waals surface area contributed by atoms with Gasteiger partial charge in [0.2, 0.25) is 0 Å². The van der Waals surface area contributed by atoms with Crippen LogP contribution in [0.4, 0.5) is 11.5 Å². The molecule has 0 radical (unpaired) electrons. The number of pyridine rings is 1. The van der Waals surface area contributed by atoms with Gasteiger partial charge >= 0.3 is 0 Å². The van der Waals surface area contributed by atoms with Crippen LogP contribution in [0.5, 0.6) is 5.75 Å². The number of nitrogens with zero attached hydrogens (tertiary/aromatic N) is 3. The van der Waals surface area contributed by atoms with Crippen molar-refractivity contribution >= 4 is 29.0 Å². The van der Waals surface area contributed by atoms with Crippen molar-refractivity contribution in [3.63, 3.8) is 0 Å². The summed E-state index contributed by atoms with van der Waals surface area (Å²) in [4.78, 5) is 21.5. The zero-order chi connectivity index (χ0) is 18.1. The molecular formula is C19H21ClN4O2. The Kier molecular flexibility index (Phi) is 4.70. The number of hydrogen-bond donors (Lipinski definition) is 1. The fourth-order valence-electron chi connectivity index (χ4n) is 3.27. The summed E-state index contributed by atoms with van der Waals surface area (Å²) in [5, 5.41) is 3.53. The molecule has 7 heteroatoms. The average Bonchev–Trinajstić information content (AvgIpc) is 3.06. The minimum Gasteiger partial charge on any atom is -0.480 e. The Morgan fingerprint density at radius 3 is 2.77 bits per heavy atom. The van der Waals surface area contributed by atoms with E-state index in [1.165, 1.54) is 0 Å². The van der Waals surface area contributed by atoms with Crippen molar-refractivity contribution in [2.75, 3.05) is 43.4 Å². The number of piperazine rings is 1. The zero-order valence-corrected chi connectivity index (χ0v) is 15.4. The molecule has 136 valence electrons. The Morgan fingerprint density at radius 1 is 1.23 bits per heavy atom. The van der Waals surface area contributed by atoms with E-state index in [1.807, 2.05) is 18.2 Å². The molecule has 1 unspecified atom stereocenters. The third-order valence-electron chi connectivity index (χ3n) is 4.83. The Balaban J connectivity index is 1.36. The number of likely N-dealkylation sites (N-methyl/N-ethyl adjacent to an activating group) is 1. The summed E-state index contributed by atoms with van der Waals surface area (Å²) in [7, 11) is 2.13. The fraction of sp³-hybridized carbons (Fsp3) is 0.368. The van der Waals surface area contributed by atoms with Gasteiger partial charge in [0.25, 0.3) is 5.91 Å². The maximum atomic E-state index is 12.5. The summed E-state index contributed by atoms with van der Waals surface area (Å²) in [5.74, 6) is 1.49. The molecule has 4 rings (SSSR count). The first-order valence-electron chi connectivity index (χ1n) is 8.74. The molecule has 1 aromatic heterocycles. The number of anilines is 2. The van der Waals surface area contributed by atoms with Crippen LogP contribution in [-0.4, -0.2) is 55.1 Å². The number of rotatable bonds is 3. The molecule has 1 saturated heterocycles. The SMILES string of the molecule is CN1CCN(c2ccc(NC(=O)C3Cc4cc(Cl)ccc4O3)cn2)CC1. The summed E-state index contributed by atoms with van der Waals surface area (Å²) in [5.41, 5.74) is 1.63. The molecule has 1 fully saturated rings. The van der Waals surface area contributed by atoms with Crippen molar-refractivity contribution in [2.24, 2.45) is 0 Å². The molecule has 3 heterocycles. The van der Waals surface area contributed by atoms with Crippen molar-refractivity contribution < 1.29 is 9.53 Å². The molecule has 1 amide bonds. The highest BCUT2D eigenvalue weighted by Gasteiger charge is 2.29. The van der Waals surface area contributed by atoms with Gasteiger partial charge in [-0.1, -0.05) is 11.6 Å². The zero-order valence-electron chi connectivity index (χ0n) is 14.6. The Labute approximate surface area is 157 Å². The predicted octanol–water partition coefficient (Wildman–Crippen LogP) is 2.43. The molecule has 6 nitrogen and oxygen atoms in total. The first kappa shape index (κ1) is 17.1. The van der Waals surface area contributed by atoms with Crippen LogP contribution >= 0.6 is 11.6 Å². The molecule has 0 spiro atoms. The highest BCUT2D eigenvalue weighted by Crippen LogP contribution is 2.31. The molecule has 1 aromatic carbocycles. The van der Waals surface area contributed by atoms with Gasteiger partial charge in [0, 0.05) is 37.6 Å². The van der Waals surface area contributed by atoms with Crippen LogP contribution in [0.15, 0.2) is 36.5 Å². The van der Waals surface area contributed by atoms with E-state index in [1.54, 1.807) is 18.3 Å². The number of amides is 1. The second kappa shape index (κ2) is 7.13. The smallest absolute Gasteiger partial charge is 0.265 e. The van der Waals surface area contributed by atoms with E-state index in [0.717, 1.165) is 43.3 Å². The fourth-order valence-corrected chi connectivity index (χ4v) is 3.46. The van der Waals surface area contributed by atoms with E-state index in [4.69, 9.17) is 16.3 Å². The van der Waals surface area contributed by atoms with E-state index >= 15 is 0 Å². The number of hydrogen-bond acceptors (Lipinski definition) is 5. The third kappa shape index (κ3) is 3.61. The third-order valence-corrected chi connectivity index (χ3v) is 5.07. The number of benzene rings is 1. The molecule has 2 aliphatic heterocycles. The molecular weight excluding hydrogens is 352 g/mol. The van der Waals surface area contributed by atoms with E-state index < -0.39 is 6.10 Å². The van der Waals surface area contributed by atoms with Crippen LogP contribution in [0.2, 0.25) is 5.02 Å². The number of carbonyl (C=O) groups is 1. The van der Waals surface area contributed by atoms with Gasteiger partial charge in [-0.25, -0.2) is 4.98 Å². The first-order valence-corrected chi connectivity index (χ1v) is 9.12. The van der Waals surface area contributed by atoms with Crippen LogP contribution in [0, 0.1) is 0 Å². The van der Waals surface area contributed by atoms with Gasteiger partial charge in [0.1, 0.15) is 11.6 Å². The van der Waals surface area contributed by atoms with Crippen molar-refractivity contribution in [2.45, 2.75) is 12.5 Å². The predicted molar refractivity (Wildman–Crippen MR) is 102 cm³/mol. The minimum absolute atomic E-state index is 0.175.